The number of carbonyl (C=O) groups excluding carboxylic acids is 1. The molecule has 0 bridgehead atoms. The molecule has 20 heavy (non-hydrogen) atoms. The standard InChI is InChI=1S/C14H8Cl2FNOS/c1-7-6-20-14(12(7)16)13(19)8(5-18)11-9(15)3-2-4-10(11)17/h2-4,6,8H,1H3. The van der Waals surface area contributed by atoms with Crippen LogP contribution in [-0.2, 0) is 0 Å². The fraction of sp³-hybridized carbons (Fsp3) is 0.143. The highest BCUT2D eigenvalue weighted by Gasteiger charge is 2.29. The van der Waals surface area contributed by atoms with E-state index >= 15 is 0 Å². The van der Waals surface area contributed by atoms with Crippen LogP contribution in [0.1, 0.15) is 26.7 Å². The first kappa shape index (κ1) is 15.0. The van der Waals surface area contributed by atoms with Gasteiger partial charge in [0.15, 0.2) is 5.78 Å². The Bertz CT molecular complexity index is 700. The van der Waals surface area contributed by atoms with Gasteiger partial charge in [0, 0.05) is 10.6 Å². The summed E-state index contributed by atoms with van der Waals surface area (Å²) in [7, 11) is 0. The molecule has 0 fully saturated rings. The lowest BCUT2D eigenvalue weighted by atomic mass is 9.94. The van der Waals surface area contributed by atoms with Crippen molar-refractivity contribution in [1.29, 1.82) is 5.26 Å². The predicted molar refractivity (Wildman–Crippen MR) is 78.2 cm³/mol. The van der Waals surface area contributed by atoms with Crippen molar-refractivity contribution in [3.05, 3.63) is 55.4 Å². The van der Waals surface area contributed by atoms with Gasteiger partial charge < -0.3 is 0 Å². The summed E-state index contributed by atoms with van der Waals surface area (Å²) in [6.45, 7) is 1.76. The Labute approximate surface area is 129 Å². The average molecular weight is 328 g/mol. The number of rotatable bonds is 3. The van der Waals surface area contributed by atoms with E-state index < -0.39 is 17.5 Å². The molecule has 0 aliphatic carbocycles. The number of nitrogens with zero attached hydrogens (tertiary/aromatic N) is 1. The normalized spacial score (nSPS) is 11.9. The third-order valence-electron chi connectivity index (χ3n) is 2.80. The summed E-state index contributed by atoms with van der Waals surface area (Å²) in [4.78, 5) is 12.6. The number of halogens is 3. The molecule has 0 aliphatic heterocycles. The van der Waals surface area contributed by atoms with Gasteiger partial charge in [-0.3, -0.25) is 4.79 Å². The number of ketones is 1. The zero-order valence-corrected chi connectivity index (χ0v) is 12.6. The summed E-state index contributed by atoms with van der Waals surface area (Å²) < 4.78 is 13.9. The van der Waals surface area contributed by atoms with Gasteiger partial charge in [0.1, 0.15) is 11.7 Å². The van der Waals surface area contributed by atoms with Gasteiger partial charge in [-0.2, -0.15) is 5.26 Å². The van der Waals surface area contributed by atoms with Gasteiger partial charge in [-0.05, 0) is 30.0 Å². The maximum absolute atomic E-state index is 13.9. The van der Waals surface area contributed by atoms with E-state index in [-0.39, 0.29) is 15.5 Å². The van der Waals surface area contributed by atoms with Crippen molar-refractivity contribution in [2.45, 2.75) is 12.8 Å². The molecule has 2 rings (SSSR count). The fourth-order valence-corrected chi connectivity index (χ4v) is 3.30. The summed E-state index contributed by atoms with van der Waals surface area (Å²) in [6.07, 6.45) is 0. The smallest absolute Gasteiger partial charge is 0.196 e. The molecule has 1 aromatic heterocycles. The minimum atomic E-state index is -1.31. The van der Waals surface area contributed by atoms with Gasteiger partial charge in [-0.25, -0.2) is 4.39 Å². The van der Waals surface area contributed by atoms with Crippen LogP contribution in [0.2, 0.25) is 10.0 Å². The third kappa shape index (κ3) is 2.57. The second kappa shape index (κ2) is 5.92. The minimum Gasteiger partial charge on any atom is -0.291 e. The van der Waals surface area contributed by atoms with E-state index in [0.29, 0.717) is 5.02 Å². The van der Waals surface area contributed by atoms with Gasteiger partial charge in [-0.15, -0.1) is 11.3 Å². The lowest BCUT2D eigenvalue weighted by Gasteiger charge is -2.10. The molecule has 102 valence electrons. The molecule has 1 heterocycles. The number of aryl methyl sites for hydroxylation is 1. The third-order valence-corrected chi connectivity index (χ3v) is 4.84. The van der Waals surface area contributed by atoms with Crippen LogP contribution >= 0.6 is 34.5 Å². The number of nitriles is 1. The molecule has 0 radical (unpaired) electrons. The molecule has 0 saturated heterocycles. The highest BCUT2D eigenvalue weighted by atomic mass is 35.5. The maximum atomic E-state index is 13.9. The Morgan fingerprint density at radius 2 is 2.15 bits per heavy atom. The van der Waals surface area contributed by atoms with Crippen LogP contribution < -0.4 is 0 Å². The SMILES string of the molecule is Cc1csc(C(=O)C(C#N)c2c(F)cccc2Cl)c1Cl. The number of thiophene rings is 1. The Morgan fingerprint density at radius 1 is 1.45 bits per heavy atom. The van der Waals surface area contributed by atoms with E-state index in [1.165, 1.54) is 18.2 Å². The van der Waals surface area contributed by atoms with Gasteiger partial charge in [0.25, 0.3) is 0 Å². The van der Waals surface area contributed by atoms with Crippen LogP contribution in [0.3, 0.4) is 0 Å². The molecule has 0 saturated carbocycles. The molecule has 1 atom stereocenters. The van der Waals surface area contributed by atoms with Gasteiger partial charge in [0.2, 0.25) is 0 Å². The Hall–Kier alpha value is -1.41. The lowest BCUT2D eigenvalue weighted by molar-refractivity contribution is 0.0981. The van der Waals surface area contributed by atoms with Gasteiger partial charge in [-0.1, -0.05) is 29.3 Å². The molecule has 0 amide bonds. The van der Waals surface area contributed by atoms with Crippen molar-refractivity contribution in [1.82, 2.24) is 0 Å². The summed E-state index contributed by atoms with van der Waals surface area (Å²) in [5, 5.41) is 11.3. The minimum absolute atomic E-state index is 0.0503. The maximum Gasteiger partial charge on any atom is 0.196 e. The van der Waals surface area contributed by atoms with Crippen molar-refractivity contribution in [2.24, 2.45) is 0 Å². The highest BCUT2D eigenvalue weighted by molar-refractivity contribution is 7.13. The molecule has 1 aromatic carbocycles. The van der Waals surface area contributed by atoms with Crippen molar-refractivity contribution in [3.8, 4) is 6.07 Å². The lowest BCUT2D eigenvalue weighted by Crippen LogP contribution is -2.12. The van der Waals surface area contributed by atoms with Gasteiger partial charge >= 0.3 is 0 Å². The molecule has 2 aromatic rings. The van der Waals surface area contributed by atoms with Crippen LogP contribution in [0.5, 0.6) is 0 Å². The fourth-order valence-electron chi connectivity index (χ4n) is 1.77. The molecular weight excluding hydrogens is 320 g/mol. The van der Waals surface area contributed by atoms with Crippen molar-refractivity contribution < 1.29 is 9.18 Å². The summed E-state index contributed by atoms with van der Waals surface area (Å²) >= 11 is 13.1. The molecule has 0 aliphatic rings. The predicted octanol–water partition coefficient (Wildman–Crippen LogP) is 4.99. The monoisotopic (exact) mass is 327 g/mol. The van der Waals surface area contributed by atoms with Crippen molar-refractivity contribution >= 4 is 40.3 Å². The first-order valence-corrected chi connectivity index (χ1v) is 7.22. The Kier molecular flexibility index (Phi) is 4.44. The second-order valence-electron chi connectivity index (χ2n) is 4.12. The second-order valence-corrected chi connectivity index (χ2v) is 5.79. The molecule has 2 nitrogen and oxygen atoms in total. The zero-order valence-electron chi connectivity index (χ0n) is 10.3. The van der Waals surface area contributed by atoms with Crippen LogP contribution in [-0.4, -0.2) is 5.78 Å². The van der Waals surface area contributed by atoms with Crippen LogP contribution in [0, 0.1) is 24.1 Å². The number of benzene rings is 1. The van der Waals surface area contributed by atoms with Crippen LogP contribution in [0.25, 0.3) is 0 Å². The number of carbonyl (C=O) groups is 1. The molecule has 1 unspecified atom stereocenters. The topological polar surface area (TPSA) is 40.9 Å². The average Bonchev–Trinajstić information content (AvgIpc) is 2.74. The Morgan fingerprint density at radius 3 is 2.65 bits per heavy atom. The summed E-state index contributed by atoms with van der Waals surface area (Å²) in [5.41, 5.74) is 0.639. The zero-order chi connectivity index (χ0) is 14.9. The van der Waals surface area contributed by atoms with E-state index in [4.69, 9.17) is 23.2 Å². The van der Waals surface area contributed by atoms with E-state index in [1.807, 2.05) is 6.07 Å². The van der Waals surface area contributed by atoms with Crippen molar-refractivity contribution in [2.75, 3.05) is 0 Å². The van der Waals surface area contributed by atoms with Gasteiger partial charge in [0.05, 0.1) is 16.0 Å². The summed E-state index contributed by atoms with van der Waals surface area (Å²) in [5.74, 6) is -2.52. The summed E-state index contributed by atoms with van der Waals surface area (Å²) in [6, 6.07) is 5.84. The molecular formula is C14H8Cl2FNOS. The largest absolute Gasteiger partial charge is 0.291 e. The van der Waals surface area contributed by atoms with E-state index in [1.54, 1.807) is 12.3 Å². The first-order chi connectivity index (χ1) is 9.47. The van der Waals surface area contributed by atoms with E-state index in [2.05, 4.69) is 0 Å². The highest BCUT2D eigenvalue weighted by Crippen LogP contribution is 2.35. The molecule has 0 spiro atoms. The Balaban J connectivity index is 2.52. The number of hydrogen-bond acceptors (Lipinski definition) is 3. The van der Waals surface area contributed by atoms with Crippen LogP contribution in [0.15, 0.2) is 23.6 Å². The quantitative estimate of drug-likeness (QED) is 0.745. The first-order valence-electron chi connectivity index (χ1n) is 5.58. The number of Topliss-reactive ketones (excluding diaryl/α,β-unsaturated/α-hetero) is 1. The van der Waals surface area contributed by atoms with Crippen LogP contribution in [0.4, 0.5) is 4.39 Å². The number of hydrogen-bond donors (Lipinski definition) is 0. The van der Waals surface area contributed by atoms with Crippen molar-refractivity contribution in [3.63, 3.8) is 0 Å². The molecule has 6 heteroatoms. The van der Waals surface area contributed by atoms with E-state index in [9.17, 15) is 14.4 Å². The van der Waals surface area contributed by atoms with E-state index in [0.717, 1.165) is 16.9 Å². The molecule has 0 N–H and O–H groups in total.